The first-order valence-corrected chi connectivity index (χ1v) is 8.59. The fourth-order valence-electron chi connectivity index (χ4n) is 3.15. The number of benzene rings is 2. The number of aromatic nitrogens is 2. The molecule has 4 nitrogen and oxygen atoms in total. The van der Waals surface area contributed by atoms with Crippen molar-refractivity contribution in [2.45, 2.75) is 38.8 Å². The van der Waals surface area contributed by atoms with Gasteiger partial charge in [0.25, 0.3) is 0 Å². The largest absolute Gasteiger partial charge is 0.416 e. The molecule has 144 valence electrons. The van der Waals surface area contributed by atoms with Gasteiger partial charge in [-0.1, -0.05) is 24.3 Å². The molecular formula is C20H21F3N2O2. The minimum absolute atomic E-state index is 0.0756. The van der Waals surface area contributed by atoms with Gasteiger partial charge in [-0.2, -0.15) is 18.3 Å². The van der Waals surface area contributed by atoms with E-state index in [0.717, 1.165) is 34.2 Å². The number of hydrogen-bond acceptors (Lipinski definition) is 3. The summed E-state index contributed by atoms with van der Waals surface area (Å²) >= 11 is 0. The van der Waals surface area contributed by atoms with Crippen LogP contribution in [0.15, 0.2) is 42.5 Å². The molecule has 0 spiro atoms. The van der Waals surface area contributed by atoms with Gasteiger partial charge in [-0.15, -0.1) is 0 Å². The minimum atomic E-state index is -4.35. The number of alkyl halides is 3. The fraction of sp³-hybridized carbons (Fsp3) is 0.350. The van der Waals surface area contributed by atoms with Gasteiger partial charge in [-0.05, 0) is 49.6 Å². The quantitative estimate of drug-likeness (QED) is 0.645. The molecule has 0 saturated heterocycles. The summed E-state index contributed by atoms with van der Waals surface area (Å²) in [5, 5.41) is 15.5. The van der Waals surface area contributed by atoms with Crippen LogP contribution in [-0.4, -0.2) is 22.0 Å². The van der Waals surface area contributed by atoms with Crippen molar-refractivity contribution >= 4 is 10.9 Å². The summed E-state index contributed by atoms with van der Waals surface area (Å²) in [5.74, 6) is 0. The van der Waals surface area contributed by atoms with Crippen LogP contribution < -0.4 is 0 Å². The van der Waals surface area contributed by atoms with Crippen LogP contribution in [-0.2, 0) is 17.3 Å². The average Bonchev–Trinajstić information content (AvgIpc) is 3.02. The Morgan fingerprint density at radius 2 is 1.78 bits per heavy atom. The summed E-state index contributed by atoms with van der Waals surface area (Å²) in [6, 6.07) is 10.9. The number of nitrogens with zero attached hydrogens (tertiary/aromatic N) is 2. The van der Waals surface area contributed by atoms with E-state index in [2.05, 4.69) is 5.10 Å². The molecule has 2 aromatic carbocycles. The van der Waals surface area contributed by atoms with Crippen molar-refractivity contribution in [2.75, 3.05) is 7.11 Å². The number of halogens is 3. The van der Waals surface area contributed by atoms with Gasteiger partial charge >= 0.3 is 6.18 Å². The van der Waals surface area contributed by atoms with Gasteiger partial charge in [0.1, 0.15) is 5.69 Å². The zero-order chi connectivity index (χ0) is 19.8. The van der Waals surface area contributed by atoms with Gasteiger partial charge in [0.15, 0.2) is 0 Å². The smallest absolute Gasteiger partial charge is 0.363 e. The molecule has 7 heteroatoms. The lowest BCUT2D eigenvalue weighted by atomic mass is 9.99. The number of aliphatic hydroxyl groups excluding tert-OH is 1. The first-order valence-electron chi connectivity index (χ1n) is 8.59. The zero-order valence-corrected chi connectivity index (χ0v) is 15.3. The predicted octanol–water partition coefficient (Wildman–Crippen LogP) is 4.86. The van der Waals surface area contributed by atoms with Crippen LogP contribution in [0.3, 0.4) is 0 Å². The van der Waals surface area contributed by atoms with Crippen LogP contribution >= 0.6 is 0 Å². The van der Waals surface area contributed by atoms with E-state index in [4.69, 9.17) is 4.74 Å². The highest BCUT2D eigenvalue weighted by atomic mass is 19.4. The molecule has 0 aliphatic rings. The maximum Gasteiger partial charge on any atom is 0.416 e. The molecule has 0 saturated carbocycles. The molecule has 0 bridgehead atoms. The molecule has 1 unspecified atom stereocenters. The Bertz CT molecular complexity index is 931. The zero-order valence-electron chi connectivity index (χ0n) is 15.3. The molecule has 0 fully saturated rings. The number of hydrogen-bond donors (Lipinski definition) is 1. The average molecular weight is 378 g/mol. The first kappa shape index (κ1) is 19.4. The Balaban J connectivity index is 2.06. The van der Waals surface area contributed by atoms with Gasteiger partial charge < -0.3 is 9.84 Å². The molecule has 0 aliphatic carbocycles. The summed E-state index contributed by atoms with van der Waals surface area (Å²) in [7, 11) is 1.39. The Kier molecular flexibility index (Phi) is 5.26. The lowest BCUT2D eigenvalue weighted by Gasteiger charge is -2.10. The third kappa shape index (κ3) is 3.84. The lowest BCUT2D eigenvalue weighted by Crippen LogP contribution is -2.06. The Morgan fingerprint density at radius 3 is 2.33 bits per heavy atom. The van der Waals surface area contributed by atoms with Crippen molar-refractivity contribution < 1.29 is 23.0 Å². The van der Waals surface area contributed by atoms with Gasteiger partial charge in [-0.25, -0.2) is 0 Å². The van der Waals surface area contributed by atoms with Gasteiger partial charge in [0.05, 0.1) is 11.1 Å². The summed E-state index contributed by atoms with van der Waals surface area (Å²) in [4.78, 5) is 0. The van der Waals surface area contributed by atoms with Gasteiger partial charge in [0.2, 0.25) is 6.29 Å². The minimum Gasteiger partial charge on any atom is -0.363 e. The highest BCUT2D eigenvalue weighted by molar-refractivity contribution is 5.86. The Hall–Kier alpha value is -2.38. The van der Waals surface area contributed by atoms with E-state index in [-0.39, 0.29) is 6.04 Å². The third-order valence-corrected chi connectivity index (χ3v) is 4.47. The second-order valence-corrected chi connectivity index (χ2v) is 6.69. The van der Waals surface area contributed by atoms with Crippen molar-refractivity contribution in [3.05, 3.63) is 64.8 Å². The number of rotatable bonds is 5. The van der Waals surface area contributed by atoms with Gasteiger partial charge in [-0.3, -0.25) is 4.68 Å². The van der Waals surface area contributed by atoms with Crippen LogP contribution in [0, 0.1) is 0 Å². The number of methoxy groups -OCH3 is 1. The maximum absolute atomic E-state index is 12.8. The molecule has 27 heavy (non-hydrogen) atoms. The lowest BCUT2D eigenvalue weighted by molar-refractivity contribution is -0.137. The molecule has 0 aliphatic heterocycles. The monoisotopic (exact) mass is 378 g/mol. The standard InChI is InChI=1S/C20H21F3N2O2/c1-12(2)25-16-6-4-5-14(17(16)18(24-25)19(26)27-3)11-13-7-9-15(10-8-13)20(21,22)23/h4-10,12,19,26H,11H2,1-3H3. The summed E-state index contributed by atoms with van der Waals surface area (Å²) < 4.78 is 45.1. The predicted molar refractivity (Wildman–Crippen MR) is 96.3 cm³/mol. The van der Waals surface area contributed by atoms with E-state index in [1.165, 1.54) is 19.2 Å². The van der Waals surface area contributed by atoms with E-state index in [1.807, 2.05) is 36.7 Å². The Labute approximate surface area is 155 Å². The molecule has 3 aromatic rings. The summed E-state index contributed by atoms with van der Waals surface area (Å²) in [6.07, 6.45) is -5.11. The summed E-state index contributed by atoms with van der Waals surface area (Å²) in [6.45, 7) is 3.97. The van der Waals surface area contributed by atoms with Gasteiger partial charge in [0, 0.05) is 18.5 Å². The second kappa shape index (κ2) is 7.32. The van der Waals surface area contributed by atoms with Crippen LogP contribution in [0.2, 0.25) is 0 Å². The fourth-order valence-corrected chi connectivity index (χ4v) is 3.15. The van der Waals surface area contributed by atoms with Crippen LogP contribution in [0.25, 0.3) is 10.9 Å². The number of aliphatic hydroxyl groups is 1. The Morgan fingerprint density at radius 1 is 1.11 bits per heavy atom. The SMILES string of the molecule is COC(O)c1nn(C(C)C)c2cccc(Cc3ccc(C(F)(F)F)cc3)c12. The van der Waals surface area contributed by atoms with Crippen LogP contribution in [0.4, 0.5) is 13.2 Å². The van der Waals surface area contributed by atoms with E-state index < -0.39 is 18.0 Å². The topological polar surface area (TPSA) is 47.3 Å². The number of ether oxygens (including phenoxy) is 1. The van der Waals surface area contributed by atoms with Crippen molar-refractivity contribution in [3.8, 4) is 0 Å². The van der Waals surface area contributed by atoms with Crippen molar-refractivity contribution in [1.82, 2.24) is 9.78 Å². The molecule has 1 atom stereocenters. The normalized spacial score (nSPS) is 13.5. The summed E-state index contributed by atoms with van der Waals surface area (Å²) in [5.41, 5.74) is 2.19. The highest BCUT2D eigenvalue weighted by Crippen LogP contribution is 2.32. The second-order valence-electron chi connectivity index (χ2n) is 6.69. The van der Waals surface area contributed by atoms with Crippen LogP contribution in [0.1, 0.15) is 48.6 Å². The third-order valence-electron chi connectivity index (χ3n) is 4.47. The number of fused-ring (bicyclic) bond motifs is 1. The molecule has 1 heterocycles. The molecule has 1 N–H and O–H groups in total. The molecule has 0 amide bonds. The van der Waals surface area contributed by atoms with Crippen LogP contribution in [0.5, 0.6) is 0 Å². The van der Waals surface area contributed by atoms with E-state index in [9.17, 15) is 18.3 Å². The van der Waals surface area contributed by atoms with Crippen molar-refractivity contribution in [2.24, 2.45) is 0 Å². The molecule has 1 aromatic heterocycles. The maximum atomic E-state index is 12.8. The first-order chi connectivity index (χ1) is 12.7. The van der Waals surface area contributed by atoms with E-state index in [0.29, 0.717) is 12.1 Å². The van der Waals surface area contributed by atoms with E-state index in [1.54, 1.807) is 0 Å². The highest BCUT2D eigenvalue weighted by Gasteiger charge is 2.30. The molecule has 3 rings (SSSR count). The molecular weight excluding hydrogens is 357 g/mol. The van der Waals surface area contributed by atoms with Crippen molar-refractivity contribution in [1.29, 1.82) is 0 Å². The van der Waals surface area contributed by atoms with E-state index >= 15 is 0 Å². The van der Waals surface area contributed by atoms with Crippen molar-refractivity contribution in [3.63, 3.8) is 0 Å². The molecule has 0 radical (unpaired) electrons.